The third-order valence-electron chi connectivity index (χ3n) is 5.36. The number of halogens is 1. The minimum atomic E-state index is -4.07. The van der Waals surface area contributed by atoms with E-state index in [1.807, 2.05) is 30.3 Å². The zero-order valence-electron chi connectivity index (χ0n) is 17.7. The van der Waals surface area contributed by atoms with E-state index in [1.54, 1.807) is 0 Å². The number of nitrogens with zero attached hydrogens (tertiary/aromatic N) is 4. The van der Waals surface area contributed by atoms with E-state index >= 15 is 0 Å². The number of carbonyl (C=O) groups excluding carboxylic acids is 1. The fourth-order valence-electron chi connectivity index (χ4n) is 3.53. The van der Waals surface area contributed by atoms with Crippen LogP contribution in [0.25, 0.3) is 11.5 Å². The van der Waals surface area contributed by atoms with Crippen molar-refractivity contribution in [1.29, 1.82) is 0 Å². The highest BCUT2D eigenvalue weighted by Crippen LogP contribution is 2.31. The summed E-state index contributed by atoms with van der Waals surface area (Å²) < 4.78 is 37.9. The Hall–Kier alpha value is -3.35. The van der Waals surface area contributed by atoms with Crippen molar-refractivity contribution in [3.63, 3.8) is 0 Å². The smallest absolute Gasteiger partial charge is 0.309 e. The number of carbonyl (C=O) groups is 1. The quantitative estimate of drug-likeness (QED) is 0.267. The van der Waals surface area contributed by atoms with E-state index < -0.39 is 26.8 Å². The zero-order valence-corrected chi connectivity index (χ0v) is 19.2. The Morgan fingerprint density at radius 3 is 2.56 bits per heavy atom. The van der Waals surface area contributed by atoms with Crippen LogP contribution in [0, 0.1) is 16.0 Å². The van der Waals surface area contributed by atoms with E-state index in [2.05, 4.69) is 10.2 Å². The highest BCUT2D eigenvalue weighted by Gasteiger charge is 2.34. The van der Waals surface area contributed by atoms with Gasteiger partial charge in [-0.15, -0.1) is 10.2 Å². The lowest BCUT2D eigenvalue weighted by Crippen LogP contribution is -2.40. The van der Waals surface area contributed by atoms with Gasteiger partial charge in [0, 0.05) is 30.8 Å². The number of piperidine rings is 1. The van der Waals surface area contributed by atoms with Crippen molar-refractivity contribution in [1.82, 2.24) is 14.5 Å². The molecule has 0 amide bonds. The van der Waals surface area contributed by atoms with Gasteiger partial charge in [0.05, 0.1) is 15.9 Å². The van der Waals surface area contributed by atoms with Gasteiger partial charge in [0.15, 0.2) is 6.61 Å². The van der Waals surface area contributed by atoms with Crippen LogP contribution in [0.1, 0.15) is 18.7 Å². The van der Waals surface area contributed by atoms with Crippen molar-refractivity contribution in [2.24, 2.45) is 5.92 Å². The molecule has 1 aromatic heterocycles. The van der Waals surface area contributed by atoms with Crippen LogP contribution in [0.4, 0.5) is 5.69 Å². The standard InChI is InChI=1S/C21H19ClN4O7S/c22-17-7-6-16(26(28)29)12-18(17)34(30,31)25-10-8-15(9-11-25)21(27)32-13-19-23-24-20(33-19)14-4-2-1-3-5-14/h1-7,12,15H,8-11,13H2. The highest BCUT2D eigenvalue weighted by atomic mass is 35.5. The maximum atomic E-state index is 13.0. The summed E-state index contributed by atoms with van der Waals surface area (Å²) in [4.78, 5) is 22.5. The first kappa shape index (κ1) is 23.8. The number of hydrogen-bond donors (Lipinski definition) is 0. The Morgan fingerprint density at radius 1 is 1.18 bits per heavy atom. The number of sulfonamides is 1. The predicted octanol–water partition coefficient (Wildman–Crippen LogP) is 3.44. The molecule has 0 aliphatic carbocycles. The number of benzene rings is 2. The monoisotopic (exact) mass is 506 g/mol. The Morgan fingerprint density at radius 2 is 1.88 bits per heavy atom. The van der Waals surface area contributed by atoms with Crippen LogP contribution < -0.4 is 0 Å². The second-order valence-corrected chi connectivity index (χ2v) is 9.84. The van der Waals surface area contributed by atoms with Gasteiger partial charge < -0.3 is 9.15 Å². The summed E-state index contributed by atoms with van der Waals surface area (Å²) in [5.41, 5.74) is 0.364. The molecule has 0 radical (unpaired) electrons. The third-order valence-corrected chi connectivity index (χ3v) is 7.74. The molecule has 2 aromatic carbocycles. The lowest BCUT2D eigenvalue weighted by molar-refractivity contribution is -0.385. The summed E-state index contributed by atoms with van der Waals surface area (Å²) in [6, 6.07) is 12.4. The van der Waals surface area contributed by atoms with Crippen LogP contribution in [0.15, 0.2) is 57.8 Å². The van der Waals surface area contributed by atoms with Crippen molar-refractivity contribution in [2.75, 3.05) is 13.1 Å². The molecule has 1 fully saturated rings. The maximum Gasteiger partial charge on any atom is 0.309 e. The van der Waals surface area contributed by atoms with Crippen molar-refractivity contribution in [3.05, 3.63) is 69.6 Å². The average Bonchev–Trinajstić information content (AvgIpc) is 3.32. The van der Waals surface area contributed by atoms with E-state index in [0.29, 0.717) is 5.89 Å². The molecule has 11 nitrogen and oxygen atoms in total. The predicted molar refractivity (Wildman–Crippen MR) is 119 cm³/mol. The van der Waals surface area contributed by atoms with Gasteiger partial charge in [-0.05, 0) is 31.0 Å². The third kappa shape index (κ3) is 5.08. The Kier molecular flexibility index (Phi) is 6.91. The van der Waals surface area contributed by atoms with Crippen LogP contribution in [0.3, 0.4) is 0 Å². The Bertz CT molecular complexity index is 1310. The number of nitro benzene ring substituents is 1. The molecular formula is C21H19ClN4O7S. The molecule has 0 saturated carbocycles. The number of non-ortho nitro benzene ring substituents is 1. The Labute approximate surface area is 199 Å². The lowest BCUT2D eigenvalue weighted by Gasteiger charge is -2.30. The van der Waals surface area contributed by atoms with E-state index in [-0.39, 0.29) is 54.0 Å². The molecule has 34 heavy (non-hydrogen) atoms. The van der Waals surface area contributed by atoms with Crippen molar-refractivity contribution in [2.45, 2.75) is 24.3 Å². The number of esters is 1. The van der Waals surface area contributed by atoms with Gasteiger partial charge in [-0.1, -0.05) is 29.8 Å². The molecule has 2 heterocycles. The van der Waals surface area contributed by atoms with Crippen molar-refractivity contribution < 1.29 is 27.3 Å². The molecule has 1 saturated heterocycles. The summed E-state index contributed by atoms with van der Waals surface area (Å²) in [5, 5.41) is 18.7. The summed E-state index contributed by atoms with van der Waals surface area (Å²) >= 11 is 6.00. The lowest BCUT2D eigenvalue weighted by atomic mass is 9.98. The molecule has 0 unspecified atom stereocenters. The summed E-state index contributed by atoms with van der Waals surface area (Å²) in [6.45, 7) is -0.111. The number of ether oxygens (including phenoxy) is 1. The van der Waals surface area contributed by atoms with Crippen LogP contribution in [0.2, 0.25) is 5.02 Å². The summed E-state index contributed by atoms with van der Waals surface area (Å²) in [5.74, 6) is -0.550. The maximum absolute atomic E-state index is 13.0. The van der Waals surface area contributed by atoms with E-state index in [4.69, 9.17) is 20.8 Å². The largest absolute Gasteiger partial charge is 0.455 e. The highest BCUT2D eigenvalue weighted by molar-refractivity contribution is 7.89. The molecule has 13 heteroatoms. The van der Waals surface area contributed by atoms with Gasteiger partial charge in [0.1, 0.15) is 4.90 Å². The van der Waals surface area contributed by atoms with E-state index in [9.17, 15) is 23.3 Å². The normalized spacial score (nSPS) is 15.2. The second-order valence-electron chi connectivity index (χ2n) is 7.52. The van der Waals surface area contributed by atoms with Crippen LogP contribution >= 0.6 is 11.6 Å². The summed E-state index contributed by atoms with van der Waals surface area (Å²) in [6.07, 6.45) is 0.452. The Balaban J connectivity index is 1.34. The first-order valence-electron chi connectivity index (χ1n) is 10.2. The molecular weight excluding hydrogens is 488 g/mol. The van der Waals surface area contributed by atoms with Crippen molar-refractivity contribution >= 4 is 33.3 Å². The molecule has 0 atom stereocenters. The number of nitro groups is 1. The van der Waals surface area contributed by atoms with Gasteiger partial charge in [0.2, 0.25) is 15.9 Å². The topological polar surface area (TPSA) is 146 Å². The SMILES string of the molecule is O=C(OCc1nnc(-c2ccccc2)o1)C1CCN(S(=O)(=O)c2cc([N+](=O)[O-])ccc2Cl)CC1. The second kappa shape index (κ2) is 9.87. The van der Waals surface area contributed by atoms with E-state index in [1.165, 1.54) is 6.07 Å². The van der Waals surface area contributed by atoms with Gasteiger partial charge in [0.25, 0.3) is 11.6 Å². The minimum Gasteiger partial charge on any atom is -0.455 e. The van der Waals surface area contributed by atoms with Gasteiger partial charge >= 0.3 is 5.97 Å². The minimum absolute atomic E-state index is 0.0415. The zero-order chi connectivity index (χ0) is 24.3. The summed E-state index contributed by atoms with van der Waals surface area (Å²) in [7, 11) is -4.07. The number of hydrogen-bond acceptors (Lipinski definition) is 9. The first-order valence-corrected chi connectivity index (χ1v) is 12.1. The van der Waals surface area contributed by atoms with Crippen molar-refractivity contribution in [3.8, 4) is 11.5 Å². The molecule has 1 aliphatic rings. The average molecular weight is 507 g/mol. The first-order chi connectivity index (χ1) is 16.3. The molecule has 0 N–H and O–H groups in total. The fraction of sp³-hybridized carbons (Fsp3) is 0.286. The molecule has 4 rings (SSSR count). The van der Waals surface area contributed by atoms with Gasteiger partial charge in [-0.3, -0.25) is 14.9 Å². The molecule has 0 bridgehead atoms. The van der Waals surface area contributed by atoms with Crippen LogP contribution in [0.5, 0.6) is 0 Å². The van der Waals surface area contributed by atoms with Crippen LogP contribution in [-0.2, 0) is 26.2 Å². The molecule has 1 aliphatic heterocycles. The number of aromatic nitrogens is 2. The van der Waals surface area contributed by atoms with Gasteiger partial charge in [-0.2, -0.15) is 4.31 Å². The van der Waals surface area contributed by atoms with Crippen LogP contribution in [-0.4, -0.2) is 46.9 Å². The molecule has 0 spiro atoms. The molecule has 3 aromatic rings. The molecule has 178 valence electrons. The fourth-order valence-corrected chi connectivity index (χ4v) is 5.50. The van der Waals surface area contributed by atoms with E-state index in [0.717, 1.165) is 22.0 Å². The van der Waals surface area contributed by atoms with Gasteiger partial charge in [-0.25, -0.2) is 8.42 Å². The number of rotatable bonds is 7.